The molecule has 1 aliphatic heterocycles. The molecule has 2 saturated carbocycles. The number of halogens is 1. The Morgan fingerprint density at radius 1 is 1.31 bits per heavy atom. The van der Waals surface area contributed by atoms with Crippen molar-refractivity contribution in [3.05, 3.63) is 36.2 Å². The normalized spacial score (nSPS) is 35.9. The number of rotatable bonds is 8. The summed E-state index contributed by atoms with van der Waals surface area (Å²) in [4.78, 5) is 25.2. The van der Waals surface area contributed by atoms with Gasteiger partial charge in [0.1, 0.15) is 11.9 Å². The van der Waals surface area contributed by atoms with E-state index in [1.807, 2.05) is 6.92 Å². The second-order valence-corrected chi connectivity index (χ2v) is 12.7. The second-order valence-electron chi connectivity index (χ2n) is 12.7. The SMILES string of the molecule is C=C[C@]1(C)C[C@@H](OC(=O)COc2cc3c(cc2F)B(O)OC3)[C@@]2(C)C[C@](CCC(C)=O)(CC[C@H]2C)[C@@H](C)[C@@H]1O. The zero-order valence-corrected chi connectivity index (χ0v) is 23.8. The van der Waals surface area contributed by atoms with Crippen LogP contribution in [0.4, 0.5) is 4.39 Å². The number of ether oxygens (including phenoxy) is 2. The van der Waals surface area contributed by atoms with Crippen LogP contribution in [-0.4, -0.2) is 47.8 Å². The largest absolute Gasteiger partial charge is 0.491 e. The van der Waals surface area contributed by atoms with E-state index in [2.05, 4.69) is 27.4 Å². The first kappa shape index (κ1) is 29.8. The summed E-state index contributed by atoms with van der Waals surface area (Å²) in [6.07, 6.45) is 4.51. The van der Waals surface area contributed by atoms with Gasteiger partial charge in [0.15, 0.2) is 18.2 Å². The smallest absolute Gasteiger partial charge is 0.479 e. The fraction of sp³-hybridized carbons (Fsp3) is 0.667. The highest BCUT2D eigenvalue weighted by atomic mass is 19.1. The Bertz CT molecular complexity index is 1130. The second kappa shape index (κ2) is 11.0. The maximum atomic E-state index is 14.6. The van der Waals surface area contributed by atoms with Crippen LogP contribution in [-0.2, 0) is 25.6 Å². The number of benzene rings is 1. The minimum Gasteiger partial charge on any atom is -0.479 e. The van der Waals surface area contributed by atoms with Gasteiger partial charge in [0.25, 0.3) is 0 Å². The van der Waals surface area contributed by atoms with Crippen molar-refractivity contribution in [1.29, 1.82) is 0 Å². The number of aliphatic hydroxyl groups excluding tert-OH is 1. The first-order valence-electron chi connectivity index (χ1n) is 14.0. The average Bonchev–Trinajstić information content (AvgIpc) is 3.25. The molecule has 1 aromatic rings. The highest BCUT2D eigenvalue weighted by Gasteiger charge is 2.58. The standard InChI is InChI=1S/C30H42BFO7/c1-7-28(5)14-25(39-26(34)16-37-24-12-21-15-38-31(36)22(21)13-23(24)32)29(6)17-30(10-8-18(29)2,11-9-19(3)33)20(4)27(28)35/h7,12-13,18,20,25,27,35-36H,1,8-11,14-17H2,2-6H3/t18-,20+,25-,27+,28-,29+,30-/m1/s1. The number of esters is 1. The summed E-state index contributed by atoms with van der Waals surface area (Å²) in [5.74, 6) is -1.15. The number of Topliss-reactive ketones (excluding diaryl/α,β-unsaturated/α-hetero) is 1. The molecule has 0 amide bonds. The van der Waals surface area contributed by atoms with Gasteiger partial charge in [0, 0.05) is 17.3 Å². The molecule has 0 radical (unpaired) electrons. The van der Waals surface area contributed by atoms with Crippen molar-refractivity contribution >= 4 is 24.3 Å². The van der Waals surface area contributed by atoms with Gasteiger partial charge < -0.3 is 29.1 Å². The van der Waals surface area contributed by atoms with Gasteiger partial charge in [-0.1, -0.05) is 33.8 Å². The van der Waals surface area contributed by atoms with E-state index in [0.29, 0.717) is 30.3 Å². The Morgan fingerprint density at radius 3 is 2.69 bits per heavy atom. The van der Waals surface area contributed by atoms with Crippen molar-refractivity contribution in [2.45, 2.75) is 92.0 Å². The molecule has 1 heterocycles. The van der Waals surface area contributed by atoms with E-state index in [1.54, 1.807) is 13.0 Å². The molecule has 39 heavy (non-hydrogen) atoms. The number of carbonyl (C=O) groups excluding carboxylic acids is 2. The lowest BCUT2D eigenvalue weighted by Gasteiger charge is -2.60. The monoisotopic (exact) mass is 544 g/mol. The summed E-state index contributed by atoms with van der Waals surface area (Å²) >= 11 is 0. The van der Waals surface area contributed by atoms with E-state index in [0.717, 1.165) is 25.3 Å². The predicted molar refractivity (Wildman–Crippen MR) is 146 cm³/mol. The lowest BCUT2D eigenvalue weighted by molar-refractivity contribution is -0.190. The zero-order valence-electron chi connectivity index (χ0n) is 23.8. The van der Waals surface area contributed by atoms with Gasteiger partial charge in [-0.2, -0.15) is 0 Å². The van der Waals surface area contributed by atoms with Gasteiger partial charge in [-0.25, -0.2) is 9.18 Å². The molecule has 7 atom stereocenters. The summed E-state index contributed by atoms with van der Waals surface area (Å²) in [6, 6.07) is 2.59. The fourth-order valence-electron chi connectivity index (χ4n) is 7.24. The zero-order chi connectivity index (χ0) is 28.8. The van der Waals surface area contributed by atoms with Crippen LogP contribution in [0.3, 0.4) is 0 Å². The summed E-state index contributed by atoms with van der Waals surface area (Å²) < 4.78 is 31.4. The Hall–Kier alpha value is -2.23. The first-order valence-corrected chi connectivity index (χ1v) is 14.0. The number of carbonyl (C=O) groups is 2. The molecule has 7 nitrogen and oxygen atoms in total. The van der Waals surface area contributed by atoms with Gasteiger partial charge in [0.2, 0.25) is 0 Å². The summed E-state index contributed by atoms with van der Waals surface area (Å²) in [5, 5.41) is 21.4. The molecule has 2 aliphatic carbocycles. The molecule has 1 aromatic carbocycles. The van der Waals surface area contributed by atoms with Crippen molar-refractivity contribution < 1.29 is 38.2 Å². The third-order valence-corrected chi connectivity index (χ3v) is 10.3. The Labute approximate surface area is 231 Å². The molecule has 3 aliphatic rings. The Kier molecular flexibility index (Phi) is 8.37. The minimum atomic E-state index is -1.18. The van der Waals surface area contributed by atoms with Crippen molar-refractivity contribution in [2.24, 2.45) is 28.1 Å². The molecule has 0 spiro atoms. The van der Waals surface area contributed by atoms with Gasteiger partial charge in [0.05, 0.1) is 12.7 Å². The molecule has 9 heteroatoms. The van der Waals surface area contributed by atoms with Crippen molar-refractivity contribution in [2.75, 3.05) is 6.61 Å². The van der Waals surface area contributed by atoms with E-state index in [4.69, 9.17) is 14.1 Å². The highest BCUT2D eigenvalue weighted by molar-refractivity contribution is 6.61. The topological polar surface area (TPSA) is 102 Å². The molecule has 2 fully saturated rings. The molecule has 4 rings (SSSR count). The first-order chi connectivity index (χ1) is 18.2. The van der Waals surface area contributed by atoms with Crippen molar-refractivity contribution in [3.8, 4) is 5.75 Å². The third-order valence-electron chi connectivity index (χ3n) is 10.3. The van der Waals surface area contributed by atoms with Gasteiger partial charge >= 0.3 is 13.1 Å². The Morgan fingerprint density at radius 2 is 2.03 bits per heavy atom. The molecule has 2 N–H and O–H groups in total. The maximum absolute atomic E-state index is 14.6. The maximum Gasteiger partial charge on any atom is 0.491 e. The lowest BCUT2D eigenvalue weighted by Crippen LogP contribution is -2.58. The van der Waals surface area contributed by atoms with Crippen molar-refractivity contribution in [3.63, 3.8) is 0 Å². The number of fused-ring (bicyclic) bond motifs is 3. The molecule has 2 bridgehead atoms. The van der Waals surface area contributed by atoms with E-state index in [9.17, 15) is 24.1 Å². The van der Waals surface area contributed by atoms with Crippen LogP contribution in [0.5, 0.6) is 5.75 Å². The van der Waals surface area contributed by atoms with Crippen LogP contribution < -0.4 is 10.2 Å². The lowest BCUT2D eigenvalue weighted by atomic mass is 9.47. The Balaban J connectivity index is 1.59. The number of ketones is 1. The summed E-state index contributed by atoms with van der Waals surface area (Å²) in [6.45, 7) is 13.6. The third kappa shape index (κ3) is 5.55. The van der Waals surface area contributed by atoms with E-state index >= 15 is 0 Å². The summed E-state index contributed by atoms with van der Waals surface area (Å²) in [5.41, 5.74) is -0.463. The molecule has 0 saturated heterocycles. The number of aliphatic hydroxyl groups is 1. The van der Waals surface area contributed by atoms with Crippen LogP contribution in [0, 0.1) is 33.9 Å². The van der Waals surface area contributed by atoms with Gasteiger partial charge in [-0.05, 0) is 79.4 Å². The van der Waals surface area contributed by atoms with Crippen LogP contribution in [0.25, 0.3) is 0 Å². The van der Waals surface area contributed by atoms with Gasteiger partial charge in [-0.3, -0.25) is 0 Å². The van der Waals surface area contributed by atoms with Crippen LogP contribution >= 0.6 is 0 Å². The quantitative estimate of drug-likeness (QED) is 0.289. The molecular formula is C30H42BFO7. The number of hydrogen-bond acceptors (Lipinski definition) is 7. The van der Waals surface area contributed by atoms with Crippen LogP contribution in [0.15, 0.2) is 24.8 Å². The fourth-order valence-corrected chi connectivity index (χ4v) is 7.24. The predicted octanol–water partition coefficient (Wildman–Crippen LogP) is 4.11. The van der Waals surface area contributed by atoms with Crippen LogP contribution in [0.2, 0.25) is 0 Å². The van der Waals surface area contributed by atoms with Crippen molar-refractivity contribution in [1.82, 2.24) is 0 Å². The van der Waals surface area contributed by atoms with E-state index < -0.39 is 48.5 Å². The summed E-state index contributed by atoms with van der Waals surface area (Å²) in [7, 11) is -1.18. The molecule has 0 aromatic heterocycles. The minimum absolute atomic E-state index is 0.0723. The number of hydrogen-bond donors (Lipinski definition) is 2. The van der Waals surface area contributed by atoms with Gasteiger partial charge in [-0.15, -0.1) is 6.58 Å². The highest BCUT2D eigenvalue weighted by Crippen LogP contribution is 2.62. The molecular weight excluding hydrogens is 502 g/mol. The molecule has 0 unspecified atom stereocenters. The van der Waals surface area contributed by atoms with Crippen LogP contribution in [0.1, 0.15) is 78.7 Å². The molecule has 214 valence electrons. The van der Waals surface area contributed by atoms with E-state index in [-0.39, 0.29) is 35.4 Å². The van der Waals surface area contributed by atoms with E-state index in [1.165, 1.54) is 6.07 Å². The average molecular weight is 544 g/mol.